The molecule has 0 aromatic heterocycles. The van der Waals surface area contributed by atoms with Crippen molar-refractivity contribution in [1.82, 2.24) is 0 Å². The van der Waals surface area contributed by atoms with E-state index in [9.17, 15) is 0 Å². The summed E-state index contributed by atoms with van der Waals surface area (Å²) in [6.45, 7) is 4.06. The molecule has 2 heteroatoms. The number of benzene rings is 1. The summed E-state index contributed by atoms with van der Waals surface area (Å²) in [6.07, 6.45) is 0.944. The largest absolute Gasteiger partial charge is 0.398 e. The monoisotopic (exact) mass is 183 g/mol. The Morgan fingerprint density at radius 3 is 2.58 bits per heavy atom. The lowest BCUT2D eigenvalue weighted by molar-refractivity contribution is 1.01. The van der Waals surface area contributed by atoms with Gasteiger partial charge in [-0.15, -0.1) is 11.6 Å². The normalized spacial score (nSPS) is 12.9. The van der Waals surface area contributed by atoms with Crippen molar-refractivity contribution in [1.29, 1.82) is 0 Å². The third-order valence-corrected chi connectivity index (χ3v) is 2.27. The van der Waals surface area contributed by atoms with Gasteiger partial charge in [-0.05, 0) is 30.5 Å². The number of rotatable bonds is 2. The highest BCUT2D eigenvalue weighted by molar-refractivity contribution is 6.20. The molecule has 0 radical (unpaired) electrons. The zero-order chi connectivity index (χ0) is 9.14. The maximum Gasteiger partial charge on any atom is 0.0560 e. The Morgan fingerprint density at radius 2 is 2.17 bits per heavy atom. The van der Waals surface area contributed by atoms with Crippen LogP contribution in [0.25, 0.3) is 0 Å². The van der Waals surface area contributed by atoms with E-state index in [1.54, 1.807) is 0 Å². The molecule has 0 saturated carbocycles. The highest BCUT2D eigenvalue weighted by Crippen LogP contribution is 2.27. The van der Waals surface area contributed by atoms with Gasteiger partial charge in [0.2, 0.25) is 0 Å². The molecule has 0 aliphatic carbocycles. The van der Waals surface area contributed by atoms with Crippen molar-refractivity contribution in [3.8, 4) is 0 Å². The quantitative estimate of drug-likeness (QED) is 0.554. The van der Waals surface area contributed by atoms with Gasteiger partial charge in [0.1, 0.15) is 0 Å². The Hall–Kier alpha value is -0.690. The lowest BCUT2D eigenvalue weighted by Crippen LogP contribution is -1.98. The van der Waals surface area contributed by atoms with Crippen LogP contribution in [0.1, 0.15) is 30.4 Å². The van der Waals surface area contributed by atoms with E-state index in [4.69, 9.17) is 17.3 Å². The fourth-order valence-electron chi connectivity index (χ4n) is 1.40. The Balaban J connectivity index is 3.18. The van der Waals surface area contributed by atoms with Gasteiger partial charge in [-0.2, -0.15) is 0 Å². The molecule has 0 fully saturated rings. The van der Waals surface area contributed by atoms with E-state index < -0.39 is 0 Å². The van der Waals surface area contributed by atoms with Gasteiger partial charge in [-0.1, -0.05) is 19.1 Å². The Bertz CT molecular complexity index is 269. The predicted octanol–water partition coefficient (Wildman–Crippen LogP) is 3.13. The minimum atomic E-state index is 0.0449. The fraction of sp³-hybridized carbons (Fsp3) is 0.400. The van der Waals surface area contributed by atoms with Gasteiger partial charge in [-0.25, -0.2) is 0 Å². The summed E-state index contributed by atoms with van der Waals surface area (Å²) in [7, 11) is 0. The molecule has 0 spiro atoms. The molecular formula is C10H14ClN. The average Bonchev–Trinajstić information content (AvgIpc) is 2.03. The standard InChI is InChI=1S/C10H14ClN/c1-3-8-9(7(2)11)5-4-6-10(8)12/h4-7H,3,12H2,1-2H3. The van der Waals surface area contributed by atoms with Crippen LogP contribution < -0.4 is 5.73 Å². The molecule has 1 aromatic rings. The van der Waals surface area contributed by atoms with E-state index in [-0.39, 0.29) is 5.38 Å². The number of alkyl halides is 1. The second kappa shape index (κ2) is 3.81. The first-order valence-electron chi connectivity index (χ1n) is 4.18. The zero-order valence-electron chi connectivity index (χ0n) is 7.47. The smallest absolute Gasteiger partial charge is 0.0560 e. The van der Waals surface area contributed by atoms with Crippen LogP contribution in [-0.2, 0) is 6.42 Å². The highest BCUT2D eigenvalue weighted by atomic mass is 35.5. The molecule has 0 bridgehead atoms. The number of halogens is 1. The van der Waals surface area contributed by atoms with E-state index >= 15 is 0 Å². The second-order valence-electron chi connectivity index (χ2n) is 2.88. The third kappa shape index (κ3) is 1.72. The molecule has 1 atom stereocenters. The Kier molecular flexibility index (Phi) is 2.99. The van der Waals surface area contributed by atoms with Gasteiger partial charge in [0.25, 0.3) is 0 Å². The summed E-state index contributed by atoms with van der Waals surface area (Å²) in [5.41, 5.74) is 8.99. The van der Waals surface area contributed by atoms with Crippen LogP contribution in [-0.4, -0.2) is 0 Å². The van der Waals surface area contributed by atoms with E-state index in [1.807, 2.05) is 25.1 Å². The highest BCUT2D eigenvalue weighted by Gasteiger charge is 2.08. The lowest BCUT2D eigenvalue weighted by atomic mass is 10.0. The fourth-order valence-corrected chi connectivity index (χ4v) is 1.61. The van der Waals surface area contributed by atoms with Crippen LogP contribution in [0.3, 0.4) is 0 Å². The van der Waals surface area contributed by atoms with E-state index in [0.29, 0.717) is 0 Å². The minimum absolute atomic E-state index is 0.0449. The molecular weight excluding hydrogens is 170 g/mol. The van der Waals surface area contributed by atoms with Crippen LogP contribution >= 0.6 is 11.6 Å². The maximum atomic E-state index is 6.00. The lowest BCUT2D eigenvalue weighted by Gasteiger charge is -2.11. The zero-order valence-corrected chi connectivity index (χ0v) is 8.23. The first kappa shape index (κ1) is 9.40. The molecule has 1 nitrogen and oxygen atoms in total. The summed E-state index contributed by atoms with van der Waals surface area (Å²) in [5, 5.41) is 0.0449. The number of nitrogens with two attached hydrogens (primary N) is 1. The topological polar surface area (TPSA) is 26.0 Å². The van der Waals surface area contributed by atoms with Crippen LogP contribution in [0.5, 0.6) is 0 Å². The maximum absolute atomic E-state index is 6.00. The molecule has 0 heterocycles. The van der Waals surface area contributed by atoms with Crippen molar-refractivity contribution in [3.05, 3.63) is 29.3 Å². The molecule has 66 valence electrons. The number of nitrogen functional groups attached to an aromatic ring is 1. The van der Waals surface area contributed by atoms with Gasteiger partial charge >= 0.3 is 0 Å². The predicted molar refractivity (Wildman–Crippen MR) is 54.5 cm³/mol. The van der Waals surface area contributed by atoms with E-state index in [2.05, 4.69) is 6.92 Å². The Morgan fingerprint density at radius 1 is 1.50 bits per heavy atom. The van der Waals surface area contributed by atoms with Gasteiger partial charge in [0.15, 0.2) is 0 Å². The molecule has 12 heavy (non-hydrogen) atoms. The van der Waals surface area contributed by atoms with Crippen molar-refractivity contribution >= 4 is 17.3 Å². The molecule has 1 aromatic carbocycles. The van der Waals surface area contributed by atoms with Crippen molar-refractivity contribution < 1.29 is 0 Å². The summed E-state index contributed by atoms with van der Waals surface area (Å²) in [5.74, 6) is 0. The Labute approximate surface area is 78.5 Å². The first-order valence-corrected chi connectivity index (χ1v) is 4.61. The van der Waals surface area contributed by atoms with Gasteiger partial charge in [0, 0.05) is 5.69 Å². The number of anilines is 1. The van der Waals surface area contributed by atoms with Crippen molar-refractivity contribution in [2.75, 3.05) is 5.73 Å². The molecule has 0 amide bonds. The van der Waals surface area contributed by atoms with Crippen LogP contribution in [0.4, 0.5) is 5.69 Å². The summed E-state index contributed by atoms with van der Waals surface area (Å²) < 4.78 is 0. The van der Waals surface area contributed by atoms with E-state index in [0.717, 1.165) is 17.7 Å². The molecule has 1 unspecified atom stereocenters. The SMILES string of the molecule is CCc1c(N)cccc1C(C)Cl. The van der Waals surface area contributed by atoms with Crippen molar-refractivity contribution in [3.63, 3.8) is 0 Å². The van der Waals surface area contributed by atoms with Crippen LogP contribution in [0.15, 0.2) is 18.2 Å². The minimum Gasteiger partial charge on any atom is -0.398 e. The van der Waals surface area contributed by atoms with Crippen LogP contribution in [0, 0.1) is 0 Å². The number of hydrogen-bond acceptors (Lipinski definition) is 1. The van der Waals surface area contributed by atoms with Gasteiger partial charge < -0.3 is 5.73 Å². The summed E-state index contributed by atoms with van der Waals surface area (Å²) >= 11 is 6.00. The first-order chi connectivity index (χ1) is 5.66. The second-order valence-corrected chi connectivity index (χ2v) is 3.54. The molecule has 2 N–H and O–H groups in total. The van der Waals surface area contributed by atoms with Gasteiger partial charge in [0.05, 0.1) is 5.38 Å². The average molecular weight is 184 g/mol. The molecule has 0 saturated heterocycles. The molecule has 0 aliphatic rings. The summed E-state index contributed by atoms with van der Waals surface area (Å²) in [4.78, 5) is 0. The van der Waals surface area contributed by atoms with Crippen molar-refractivity contribution in [2.45, 2.75) is 25.6 Å². The summed E-state index contributed by atoms with van der Waals surface area (Å²) in [6, 6.07) is 5.90. The van der Waals surface area contributed by atoms with Crippen molar-refractivity contribution in [2.24, 2.45) is 0 Å². The van der Waals surface area contributed by atoms with Gasteiger partial charge in [-0.3, -0.25) is 0 Å². The molecule has 1 rings (SSSR count). The molecule has 0 aliphatic heterocycles. The van der Waals surface area contributed by atoms with E-state index in [1.165, 1.54) is 5.56 Å². The third-order valence-electron chi connectivity index (χ3n) is 2.03. The van der Waals surface area contributed by atoms with Crippen LogP contribution in [0.2, 0.25) is 0 Å². The number of hydrogen-bond donors (Lipinski definition) is 1.